The first-order valence-electron chi connectivity index (χ1n) is 8.79. The maximum absolute atomic E-state index is 13.0. The molecule has 0 aliphatic carbocycles. The van der Waals surface area contributed by atoms with E-state index in [0.717, 1.165) is 10.6 Å². The summed E-state index contributed by atoms with van der Waals surface area (Å²) in [7, 11) is -0.956. The Labute approximate surface area is 170 Å². The van der Waals surface area contributed by atoms with E-state index in [1.165, 1.54) is 27.2 Å². The first-order valence-corrected chi connectivity index (χ1v) is 11.0. The Hall–Kier alpha value is -2.00. The fraction of sp³-hybridized carbons (Fsp3) is 0.556. The van der Waals surface area contributed by atoms with Gasteiger partial charge in [-0.15, -0.1) is 0 Å². The van der Waals surface area contributed by atoms with Crippen molar-refractivity contribution in [3.63, 3.8) is 0 Å². The van der Waals surface area contributed by atoms with E-state index in [1.54, 1.807) is 17.0 Å². The van der Waals surface area contributed by atoms with Crippen LogP contribution in [0.5, 0.6) is 5.75 Å². The molecular formula is C18H25ClN2O6S. The number of methoxy groups -OCH3 is 2. The Morgan fingerprint density at radius 1 is 1.25 bits per heavy atom. The van der Waals surface area contributed by atoms with Crippen molar-refractivity contribution in [1.82, 2.24) is 4.90 Å². The van der Waals surface area contributed by atoms with E-state index in [9.17, 15) is 18.0 Å². The van der Waals surface area contributed by atoms with Gasteiger partial charge in [0.2, 0.25) is 15.9 Å². The largest absolute Gasteiger partial charge is 0.495 e. The molecule has 1 atom stereocenters. The topological polar surface area (TPSA) is 93.2 Å². The number of hydrogen-bond donors (Lipinski definition) is 0. The third-order valence-electron chi connectivity index (χ3n) is 4.80. The Balaban J connectivity index is 2.22. The molecule has 0 aromatic heterocycles. The summed E-state index contributed by atoms with van der Waals surface area (Å²) in [5.41, 5.74) is 0.276. The van der Waals surface area contributed by atoms with Crippen LogP contribution in [0.15, 0.2) is 18.2 Å². The van der Waals surface area contributed by atoms with Crippen LogP contribution < -0.4 is 9.04 Å². The number of likely N-dealkylation sites (tertiary alicyclic amines) is 1. The standard InChI is InChI=1S/C18H25ClN2O6S/c1-12(17(22)20-9-7-13(8-10-20)18(23)27-3)21(28(4,24)25)14-5-6-16(26-2)15(19)11-14/h5-6,11-13H,7-10H2,1-4H3. The fourth-order valence-electron chi connectivity index (χ4n) is 3.36. The average molecular weight is 433 g/mol. The third-order valence-corrected chi connectivity index (χ3v) is 6.33. The minimum Gasteiger partial charge on any atom is -0.495 e. The van der Waals surface area contributed by atoms with E-state index < -0.39 is 16.1 Å². The molecule has 10 heteroatoms. The van der Waals surface area contributed by atoms with Crippen LogP contribution in [0.4, 0.5) is 5.69 Å². The van der Waals surface area contributed by atoms with Gasteiger partial charge in [0.25, 0.3) is 0 Å². The average Bonchev–Trinajstić information content (AvgIpc) is 2.66. The molecule has 1 saturated heterocycles. The Kier molecular flexibility index (Phi) is 7.16. The summed E-state index contributed by atoms with van der Waals surface area (Å²) in [4.78, 5) is 26.2. The second kappa shape index (κ2) is 9.00. The summed E-state index contributed by atoms with van der Waals surface area (Å²) in [6.45, 7) is 2.27. The van der Waals surface area contributed by atoms with Gasteiger partial charge in [0, 0.05) is 13.1 Å². The second-order valence-corrected chi connectivity index (χ2v) is 8.94. The van der Waals surface area contributed by atoms with Crippen molar-refractivity contribution in [2.24, 2.45) is 5.92 Å². The molecule has 1 aromatic rings. The van der Waals surface area contributed by atoms with Crippen LogP contribution in [0.1, 0.15) is 19.8 Å². The van der Waals surface area contributed by atoms with Crippen molar-refractivity contribution in [3.8, 4) is 5.75 Å². The summed E-state index contributed by atoms with van der Waals surface area (Å²) in [6, 6.07) is 3.58. The zero-order chi connectivity index (χ0) is 21.1. The maximum Gasteiger partial charge on any atom is 0.308 e. The number of hydrogen-bond acceptors (Lipinski definition) is 6. The number of halogens is 1. The van der Waals surface area contributed by atoms with Gasteiger partial charge in [-0.05, 0) is 38.0 Å². The molecule has 2 rings (SSSR count). The number of piperidine rings is 1. The van der Waals surface area contributed by atoms with Crippen molar-refractivity contribution >= 4 is 39.2 Å². The first kappa shape index (κ1) is 22.3. The minimum atomic E-state index is -3.75. The number of benzene rings is 1. The number of amides is 1. The lowest BCUT2D eigenvalue weighted by Crippen LogP contribution is -2.51. The molecule has 1 fully saturated rings. The van der Waals surface area contributed by atoms with Gasteiger partial charge >= 0.3 is 5.97 Å². The zero-order valence-corrected chi connectivity index (χ0v) is 17.9. The van der Waals surface area contributed by atoms with Gasteiger partial charge < -0.3 is 14.4 Å². The van der Waals surface area contributed by atoms with Gasteiger partial charge in [-0.3, -0.25) is 13.9 Å². The monoisotopic (exact) mass is 432 g/mol. The molecule has 156 valence electrons. The van der Waals surface area contributed by atoms with Crippen LogP contribution in [0.25, 0.3) is 0 Å². The van der Waals surface area contributed by atoms with Crippen molar-refractivity contribution in [3.05, 3.63) is 23.2 Å². The van der Waals surface area contributed by atoms with Crippen molar-refractivity contribution in [2.75, 3.05) is 37.9 Å². The smallest absolute Gasteiger partial charge is 0.308 e. The number of carbonyl (C=O) groups is 2. The van der Waals surface area contributed by atoms with Crippen LogP contribution in [0.2, 0.25) is 5.02 Å². The quantitative estimate of drug-likeness (QED) is 0.637. The van der Waals surface area contributed by atoms with Crippen LogP contribution in [0.3, 0.4) is 0 Å². The molecule has 1 heterocycles. The van der Waals surface area contributed by atoms with Gasteiger partial charge in [0.05, 0.1) is 37.1 Å². The summed E-state index contributed by atoms with van der Waals surface area (Å²) >= 11 is 6.13. The molecule has 0 radical (unpaired) electrons. The summed E-state index contributed by atoms with van der Waals surface area (Å²) < 4.78 is 35.7. The lowest BCUT2D eigenvalue weighted by atomic mass is 9.96. The van der Waals surface area contributed by atoms with Crippen molar-refractivity contribution in [1.29, 1.82) is 0 Å². The number of carbonyl (C=O) groups excluding carboxylic acids is 2. The molecule has 1 unspecified atom stereocenters. The SMILES string of the molecule is COC(=O)C1CCN(C(=O)C(C)N(c2ccc(OC)c(Cl)c2)S(C)(=O)=O)CC1. The molecular weight excluding hydrogens is 408 g/mol. The predicted molar refractivity (Wildman–Crippen MR) is 106 cm³/mol. The van der Waals surface area contributed by atoms with Gasteiger partial charge in [-0.2, -0.15) is 0 Å². The zero-order valence-electron chi connectivity index (χ0n) is 16.3. The molecule has 1 aliphatic rings. The first-order chi connectivity index (χ1) is 13.1. The third kappa shape index (κ3) is 4.88. The van der Waals surface area contributed by atoms with Crippen LogP contribution in [-0.4, -0.2) is 64.8 Å². The highest BCUT2D eigenvalue weighted by Crippen LogP contribution is 2.32. The van der Waals surface area contributed by atoms with E-state index in [1.807, 2.05) is 0 Å². The van der Waals surface area contributed by atoms with E-state index in [4.69, 9.17) is 21.1 Å². The summed E-state index contributed by atoms with van der Waals surface area (Å²) in [6.07, 6.45) is 2.01. The fourth-order valence-corrected chi connectivity index (χ4v) is 4.77. The number of nitrogens with zero attached hydrogens (tertiary/aromatic N) is 2. The highest BCUT2D eigenvalue weighted by Gasteiger charge is 2.35. The maximum atomic E-state index is 13.0. The van der Waals surface area contributed by atoms with Crippen LogP contribution in [0, 0.1) is 5.92 Å². The number of rotatable bonds is 6. The molecule has 0 saturated carbocycles. The normalized spacial score (nSPS) is 16.4. The lowest BCUT2D eigenvalue weighted by molar-refractivity contribution is -0.149. The van der Waals surface area contributed by atoms with Gasteiger partial charge in [-0.1, -0.05) is 11.6 Å². The number of esters is 1. The molecule has 1 aliphatic heterocycles. The predicted octanol–water partition coefficient (Wildman–Crippen LogP) is 1.91. The van der Waals surface area contributed by atoms with Crippen LogP contribution in [-0.2, 0) is 24.3 Å². The number of ether oxygens (including phenoxy) is 2. The molecule has 0 spiro atoms. The highest BCUT2D eigenvalue weighted by molar-refractivity contribution is 7.92. The van der Waals surface area contributed by atoms with Crippen molar-refractivity contribution < 1.29 is 27.5 Å². The highest BCUT2D eigenvalue weighted by atomic mass is 35.5. The van der Waals surface area contributed by atoms with Gasteiger partial charge in [-0.25, -0.2) is 8.42 Å². The summed E-state index contributed by atoms with van der Waals surface area (Å²) in [5, 5.41) is 0.243. The van der Waals surface area contributed by atoms with E-state index >= 15 is 0 Å². The van der Waals surface area contributed by atoms with E-state index in [0.29, 0.717) is 31.7 Å². The summed E-state index contributed by atoms with van der Waals surface area (Å²) in [5.74, 6) is -0.454. The van der Waals surface area contributed by atoms with Crippen LogP contribution >= 0.6 is 11.6 Å². The molecule has 1 aromatic carbocycles. The number of sulfonamides is 1. The number of anilines is 1. The second-order valence-electron chi connectivity index (χ2n) is 6.68. The Morgan fingerprint density at radius 3 is 2.32 bits per heavy atom. The molecule has 1 amide bonds. The van der Waals surface area contributed by atoms with Crippen molar-refractivity contribution in [2.45, 2.75) is 25.8 Å². The van der Waals surface area contributed by atoms with E-state index in [2.05, 4.69) is 0 Å². The Bertz CT molecular complexity index is 836. The molecule has 0 bridgehead atoms. The molecule has 28 heavy (non-hydrogen) atoms. The van der Waals surface area contributed by atoms with E-state index in [-0.39, 0.29) is 28.5 Å². The minimum absolute atomic E-state index is 0.240. The van der Waals surface area contributed by atoms with Gasteiger partial charge in [0.15, 0.2) is 0 Å². The van der Waals surface area contributed by atoms with Gasteiger partial charge in [0.1, 0.15) is 11.8 Å². The molecule has 0 N–H and O–H groups in total. The lowest BCUT2D eigenvalue weighted by Gasteiger charge is -2.36. The molecule has 8 nitrogen and oxygen atoms in total. The Morgan fingerprint density at radius 2 is 1.86 bits per heavy atom.